The molecule has 4 aromatic rings. The molecule has 0 unspecified atom stereocenters. The van der Waals surface area contributed by atoms with Gasteiger partial charge in [0, 0.05) is 30.2 Å². The van der Waals surface area contributed by atoms with Crippen molar-refractivity contribution in [3.05, 3.63) is 125 Å². The van der Waals surface area contributed by atoms with Crippen LogP contribution in [0.25, 0.3) is 11.1 Å². The molecule has 0 aliphatic carbocycles. The van der Waals surface area contributed by atoms with Gasteiger partial charge in [0.15, 0.2) is 0 Å². The van der Waals surface area contributed by atoms with E-state index in [9.17, 15) is 13.2 Å². The van der Waals surface area contributed by atoms with Crippen molar-refractivity contribution >= 4 is 27.5 Å². The summed E-state index contributed by atoms with van der Waals surface area (Å²) in [6.45, 7) is 2.98. The quantitative estimate of drug-likeness (QED) is 0.214. The highest BCUT2D eigenvalue weighted by Crippen LogP contribution is 2.29. The molecule has 0 aromatic heterocycles. The number of amides is 1. The average Bonchev–Trinajstić information content (AvgIpc) is 2.97. The molecule has 0 spiro atoms. The summed E-state index contributed by atoms with van der Waals surface area (Å²) in [4.78, 5) is 15.3. The summed E-state index contributed by atoms with van der Waals surface area (Å²) in [7, 11) is 0.0539. The van der Waals surface area contributed by atoms with Crippen molar-refractivity contribution in [2.75, 3.05) is 27.2 Å². The minimum atomic E-state index is -3.97. The topological polar surface area (TPSA) is 69.7 Å². The monoisotopic (exact) mass is 589 g/mol. The summed E-state index contributed by atoms with van der Waals surface area (Å²) in [6, 6.07) is 31.8. The van der Waals surface area contributed by atoms with Gasteiger partial charge >= 0.3 is 0 Å². The van der Waals surface area contributed by atoms with Crippen molar-refractivity contribution in [1.29, 1.82) is 0 Å². The number of nitrogens with one attached hydrogen (secondary N) is 1. The molecule has 1 amide bonds. The van der Waals surface area contributed by atoms with E-state index in [1.54, 1.807) is 30.3 Å². The van der Waals surface area contributed by atoms with Crippen molar-refractivity contribution in [2.24, 2.45) is 0 Å². The van der Waals surface area contributed by atoms with Gasteiger partial charge in [-0.15, -0.1) is 0 Å². The first-order chi connectivity index (χ1) is 19.6. The lowest BCUT2D eigenvalue weighted by molar-refractivity contribution is -0.121. The van der Waals surface area contributed by atoms with Gasteiger partial charge in [0.1, 0.15) is 0 Å². The van der Waals surface area contributed by atoms with Crippen molar-refractivity contribution in [1.82, 2.24) is 14.5 Å². The van der Waals surface area contributed by atoms with Crippen LogP contribution in [0.15, 0.2) is 108 Å². The van der Waals surface area contributed by atoms with Crippen LogP contribution < -0.4 is 5.32 Å². The SMILES string of the molecule is C[C@H](CN(CC(=O)NCc1ccc(CN(C)C)cc1)S(=O)(=O)c1ccc(-c2ccccc2Cl)cc1)c1ccccc1. The molecule has 1 N–H and O–H groups in total. The highest BCUT2D eigenvalue weighted by atomic mass is 35.5. The Morgan fingerprint density at radius 2 is 1.44 bits per heavy atom. The van der Waals surface area contributed by atoms with Crippen LogP contribution in [-0.4, -0.2) is 50.7 Å². The molecule has 41 heavy (non-hydrogen) atoms. The van der Waals surface area contributed by atoms with Crippen LogP contribution in [0.5, 0.6) is 0 Å². The van der Waals surface area contributed by atoms with Gasteiger partial charge in [-0.05, 0) is 60.5 Å². The number of hydrogen-bond acceptors (Lipinski definition) is 4. The number of nitrogens with zero attached hydrogens (tertiary/aromatic N) is 2. The number of carbonyl (C=O) groups excluding carboxylic acids is 1. The summed E-state index contributed by atoms with van der Waals surface area (Å²) in [5.41, 5.74) is 4.76. The second kappa shape index (κ2) is 13.9. The first-order valence-corrected chi connectivity index (χ1v) is 15.3. The zero-order valence-corrected chi connectivity index (χ0v) is 25.2. The van der Waals surface area contributed by atoms with Gasteiger partial charge in [0.2, 0.25) is 15.9 Å². The van der Waals surface area contributed by atoms with Crippen LogP contribution >= 0.6 is 11.6 Å². The number of sulfonamides is 1. The first-order valence-electron chi connectivity index (χ1n) is 13.5. The van der Waals surface area contributed by atoms with E-state index in [4.69, 9.17) is 11.6 Å². The minimum Gasteiger partial charge on any atom is -0.351 e. The minimum absolute atomic E-state index is 0.120. The maximum absolute atomic E-state index is 13.9. The number of carbonyl (C=O) groups is 1. The lowest BCUT2D eigenvalue weighted by atomic mass is 10.0. The Morgan fingerprint density at radius 1 is 0.829 bits per heavy atom. The molecule has 0 aliphatic heterocycles. The van der Waals surface area contributed by atoms with Gasteiger partial charge in [-0.3, -0.25) is 4.79 Å². The zero-order chi connectivity index (χ0) is 29.4. The Labute approximate surface area is 248 Å². The van der Waals surface area contributed by atoms with E-state index in [0.29, 0.717) is 11.6 Å². The van der Waals surface area contributed by atoms with E-state index in [-0.39, 0.29) is 29.8 Å². The maximum atomic E-state index is 13.9. The largest absolute Gasteiger partial charge is 0.351 e. The molecule has 0 bridgehead atoms. The van der Waals surface area contributed by atoms with Crippen molar-refractivity contribution in [3.63, 3.8) is 0 Å². The standard InChI is InChI=1S/C33H36ClN3O3S/c1-25(28-9-5-4-6-10-28)22-37(24-33(38)35-21-26-13-15-27(16-14-26)23-36(2)3)41(39,40)30-19-17-29(18-20-30)31-11-7-8-12-32(31)34/h4-20,25H,21-24H2,1-3H3,(H,35,38)/t25-/m1/s1. The van der Waals surface area contributed by atoms with Gasteiger partial charge in [-0.25, -0.2) is 8.42 Å². The first kappa shape index (κ1) is 30.5. The van der Waals surface area contributed by atoms with E-state index < -0.39 is 10.0 Å². The van der Waals surface area contributed by atoms with Crippen molar-refractivity contribution in [3.8, 4) is 11.1 Å². The Kier molecular flexibility index (Phi) is 10.3. The third-order valence-electron chi connectivity index (χ3n) is 6.85. The summed E-state index contributed by atoms with van der Waals surface area (Å²) in [5.74, 6) is -0.482. The van der Waals surface area contributed by atoms with Crippen LogP contribution in [0.3, 0.4) is 0 Å². The molecule has 0 fully saturated rings. The number of rotatable bonds is 12. The summed E-state index contributed by atoms with van der Waals surface area (Å²) in [5, 5.41) is 3.48. The fourth-order valence-electron chi connectivity index (χ4n) is 4.64. The van der Waals surface area contributed by atoms with Crippen LogP contribution in [0.2, 0.25) is 5.02 Å². The molecule has 0 saturated heterocycles. The molecular formula is C33H36ClN3O3S. The third-order valence-corrected chi connectivity index (χ3v) is 9.01. The molecule has 214 valence electrons. The van der Waals surface area contributed by atoms with E-state index in [1.807, 2.05) is 93.8 Å². The highest BCUT2D eigenvalue weighted by Gasteiger charge is 2.28. The zero-order valence-electron chi connectivity index (χ0n) is 23.6. The van der Waals surface area contributed by atoms with E-state index in [1.165, 1.54) is 9.87 Å². The summed E-state index contributed by atoms with van der Waals surface area (Å²) in [6.07, 6.45) is 0. The molecular weight excluding hydrogens is 554 g/mol. The second-order valence-electron chi connectivity index (χ2n) is 10.4. The molecule has 0 aliphatic rings. The van der Waals surface area contributed by atoms with Gasteiger partial charge in [-0.1, -0.05) is 103 Å². The normalized spacial score (nSPS) is 12.4. The van der Waals surface area contributed by atoms with Crippen molar-refractivity contribution in [2.45, 2.75) is 30.8 Å². The predicted octanol–water partition coefficient (Wildman–Crippen LogP) is 6.18. The Morgan fingerprint density at radius 3 is 2.07 bits per heavy atom. The van der Waals surface area contributed by atoms with Crippen LogP contribution in [0.4, 0.5) is 0 Å². The average molecular weight is 590 g/mol. The molecule has 0 radical (unpaired) electrons. The number of hydrogen-bond donors (Lipinski definition) is 1. The Hall–Kier alpha value is -3.49. The fraction of sp³-hybridized carbons (Fsp3) is 0.242. The Balaban J connectivity index is 1.52. The van der Waals surface area contributed by atoms with Crippen LogP contribution in [0, 0.1) is 0 Å². The second-order valence-corrected chi connectivity index (χ2v) is 12.8. The molecule has 8 heteroatoms. The van der Waals surface area contributed by atoms with Gasteiger partial charge in [0.25, 0.3) is 0 Å². The van der Waals surface area contributed by atoms with Gasteiger partial charge in [-0.2, -0.15) is 4.31 Å². The fourth-order valence-corrected chi connectivity index (χ4v) is 6.37. The van der Waals surface area contributed by atoms with Gasteiger partial charge in [0.05, 0.1) is 11.4 Å². The molecule has 4 aromatic carbocycles. The highest BCUT2D eigenvalue weighted by molar-refractivity contribution is 7.89. The van der Waals surface area contributed by atoms with E-state index in [2.05, 4.69) is 10.2 Å². The predicted molar refractivity (Wildman–Crippen MR) is 166 cm³/mol. The van der Waals surface area contributed by atoms with E-state index in [0.717, 1.165) is 28.8 Å². The van der Waals surface area contributed by atoms with E-state index >= 15 is 0 Å². The third kappa shape index (κ3) is 8.27. The number of halogens is 1. The molecule has 6 nitrogen and oxygen atoms in total. The van der Waals surface area contributed by atoms with Crippen molar-refractivity contribution < 1.29 is 13.2 Å². The number of benzene rings is 4. The lowest BCUT2D eigenvalue weighted by Gasteiger charge is -2.25. The van der Waals surface area contributed by atoms with Crippen LogP contribution in [-0.2, 0) is 27.9 Å². The summed E-state index contributed by atoms with van der Waals surface area (Å²) >= 11 is 6.34. The van der Waals surface area contributed by atoms with Crippen LogP contribution in [0.1, 0.15) is 29.5 Å². The molecule has 0 saturated carbocycles. The Bertz CT molecular complexity index is 1540. The molecule has 4 rings (SSSR count). The smallest absolute Gasteiger partial charge is 0.243 e. The summed E-state index contributed by atoms with van der Waals surface area (Å²) < 4.78 is 29.0. The maximum Gasteiger partial charge on any atom is 0.243 e. The lowest BCUT2D eigenvalue weighted by Crippen LogP contribution is -2.42. The molecule has 0 heterocycles. The van der Waals surface area contributed by atoms with Gasteiger partial charge < -0.3 is 10.2 Å². The molecule has 1 atom stereocenters.